The molecule has 8 heteroatoms. The standard InChI is InChI=1S/C23H30ClN3O3S/c1-16(2)27(31(29,30)21-10-6-9-19(24)14-21)15-18-13-20(11-12-22(18)26(3)4)25-23(28)17-7-5-8-17/h6,9-14,16-17H,5,7-8,15H2,1-4H3,(H,25,28). The maximum atomic E-state index is 13.4. The molecule has 1 amide bonds. The molecular formula is C23H30ClN3O3S. The summed E-state index contributed by atoms with van der Waals surface area (Å²) in [6, 6.07) is 11.7. The van der Waals surface area contributed by atoms with Gasteiger partial charge >= 0.3 is 0 Å². The Bertz CT molecular complexity index is 1050. The molecule has 1 saturated carbocycles. The molecule has 0 saturated heterocycles. The fourth-order valence-electron chi connectivity index (χ4n) is 3.62. The van der Waals surface area contributed by atoms with Gasteiger partial charge in [0, 0.05) is 49.0 Å². The smallest absolute Gasteiger partial charge is 0.243 e. The van der Waals surface area contributed by atoms with Gasteiger partial charge in [-0.05, 0) is 68.7 Å². The third kappa shape index (κ3) is 5.40. The second-order valence-electron chi connectivity index (χ2n) is 8.46. The van der Waals surface area contributed by atoms with E-state index in [1.54, 1.807) is 18.2 Å². The summed E-state index contributed by atoms with van der Waals surface area (Å²) < 4.78 is 28.2. The van der Waals surface area contributed by atoms with Crippen LogP contribution in [0, 0.1) is 5.92 Å². The van der Waals surface area contributed by atoms with Crippen molar-refractivity contribution in [3.8, 4) is 0 Å². The molecule has 2 aromatic rings. The highest BCUT2D eigenvalue weighted by Gasteiger charge is 2.29. The first-order chi connectivity index (χ1) is 14.6. The van der Waals surface area contributed by atoms with Crippen molar-refractivity contribution in [1.82, 2.24) is 4.31 Å². The number of hydrogen-bond acceptors (Lipinski definition) is 4. The van der Waals surface area contributed by atoms with E-state index in [1.807, 2.05) is 51.0 Å². The van der Waals surface area contributed by atoms with E-state index in [0.29, 0.717) is 10.7 Å². The van der Waals surface area contributed by atoms with Gasteiger partial charge in [0.15, 0.2) is 0 Å². The third-order valence-corrected chi connectivity index (χ3v) is 7.86. The number of hydrogen-bond donors (Lipinski definition) is 1. The minimum Gasteiger partial charge on any atom is -0.377 e. The van der Waals surface area contributed by atoms with Crippen molar-refractivity contribution in [2.75, 3.05) is 24.3 Å². The summed E-state index contributed by atoms with van der Waals surface area (Å²) in [5.74, 6) is 0.106. The highest BCUT2D eigenvalue weighted by molar-refractivity contribution is 7.89. The number of anilines is 2. The monoisotopic (exact) mass is 463 g/mol. The predicted octanol–water partition coefficient (Wildman–Crippen LogP) is 4.74. The zero-order chi connectivity index (χ0) is 22.8. The van der Waals surface area contributed by atoms with E-state index in [4.69, 9.17) is 11.6 Å². The van der Waals surface area contributed by atoms with Crippen LogP contribution in [0.4, 0.5) is 11.4 Å². The zero-order valence-corrected chi connectivity index (χ0v) is 20.0. The number of halogens is 1. The van der Waals surface area contributed by atoms with Crippen molar-refractivity contribution < 1.29 is 13.2 Å². The van der Waals surface area contributed by atoms with E-state index >= 15 is 0 Å². The number of nitrogens with zero attached hydrogens (tertiary/aromatic N) is 2. The Hall–Kier alpha value is -2.09. The van der Waals surface area contributed by atoms with E-state index in [2.05, 4.69) is 5.32 Å². The summed E-state index contributed by atoms with van der Waals surface area (Å²) in [6.45, 7) is 3.87. The van der Waals surface area contributed by atoms with Gasteiger partial charge in [-0.1, -0.05) is 24.1 Å². The average molecular weight is 464 g/mol. The molecule has 1 fully saturated rings. The SMILES string of the molecule is CC(C)N(Cc1cc(NC(=O)C2CCC2)ccc1N(C)C)S(=O)(=O)c1cccc(Cl)c1. The van der Waals surface area contributed by atoms with E-state index < -0.39 is 10.0 Å². The minimum absolute atomic E-state index is 0.0297. The van der Waals surface area contributed by atoms with Crippen LogP contribution in [0.5, 0.6) is 0 Å². The Labute approximate surface area is 190 Å². The molecule has 0 aromatic heterocycles. The summed E-state index contributed by atoms with van der Waals surface area (Å²) in [4.78, 5) is 14.5. The molecule has 0 bridgehead atoms. The van der Waals surface area contributed by atoms with Crippen LogP contribution in [0.1, 0.15) is 38.7 Å². The number of carbonyl (C=O) groups excluding carboxylic acids is 1. The van der Waals surface area contributed by atoms with Crippen LogP contribution in [-0.4, -0.2) is 38.8 Å². The first kappa shape index (κ1) is 23.6. The van der Waals surface area contributed by atoms with Gasteiger partial charge in [0.2, 0.25) is 15.9 Å². The Morgan fingerprint density at radius 2 is 1.87 bits per heavy atom. The maximum Gasteiger partial charge on any atom is 0.243 e. The van der Waals surface area contributed by atoms with E-state index in [-0.39, 0.29) is 29.3 Å². The first-order valence-corrected chi connectivity index (χ1v) is 12.3. The van der Waals surface area contributed by atoms with Gasteiger partial charge in [0.1, 0.15) is 0 Å². The topological polar surface area (TPSA) is 69.7 Å². The highest BCUT2D eigenvalue weighted by Crippen LogP contribution is 2.31. The quantitative estimate of drug-likeness (QED) is 0.613. The molecule has 1 aliphatic rings. The van der Waals surface area contributed by atoms with Crippen molar-refractivity contribution >= 4 is 38.9 Å². The second-order valence-corrected chi connectivity index (χ2v) is 10.8. The summed E-state index contributed by atoms with van der Waals surface area (Å²) in [5.41, 5.74) is 2.39. The molecule has 0 unspecified atom stereocenters. The number of sulfonamides is 1. The molecule has 0 radical (unpaired) electrons. The molecule has 3 rings (SSSR count). The Morgan fingerprint density at radius 1 is 1.16 bits per heavy atom. The molecule has 0 spiro atoms. The molecule has 1 aliphatic carbocycles. The van der Waals surface area contributed by atoms with Crippen LogP contribution in [0.25, 0.3) is 0 Å². The zero-order valence-electron chi connectivity index (χ0n) is 18.4. The lowest BCUT2D eigenvalue weighted by molar-refractivity contribution is -0.122. The molecule has 1 N–H and O–H groups in total. The molecule has 2 aromatic carbocycles. The fourth-order valence-corrected chi connectivity index (χ4v) is 5.53. The summed E-state index contributed by atoms with van der Waals surface area (Å²) in [6.07, 6.45) is 2.94. The summed E-state index contributed by atoms with van der Waals surface area (Å²) >= 11 is 6.04. The average Bonchev–Trinajstić information content (AvgIpc) is 2.64. The highest BCUT2D eigenvalue weighted by atomic mass is 35.5. The lowest BCUT2D eigenvalue weighted by Gasteiger charge is -2.29. The van der Waals surface area contributed by atoms with Gasteiger partial charge in [0.25, 0.3) is 0 Å². The predicted molar refractivity (Wildman–Crippen MR) is 126 cm³/mol. The number of amides is 1. The van der Waals surface area contributed by atoms with Crippen LogP contribution in [0.3, 0.4) is 0 Å². The first-order valence-electron chi connectivity index (χ1n) is 10.5. The normalized spacial score (nSPS) is 14.5. The molecule has 6 nitrogen and oxygen atoms in total. The van der Waals surface area contributed by atoms with E-state index in [0.717, 1.165) is 30.5 Å². The van der Waals surface area contributed by atoms with Crippen LogP contribution in [0.15, 0.2) is 47.4 Å². The molecule has 31 heavy (non-hydrogen) atoms. The number of carbonyl (C=O) groups is 1. The number of benzene rings is 2. The van der Waals surface area contributed by atoms with Gasteiger partial charge in [-0.15, -0.1) is 0 Å². The van der Waals surface area contributed by atoms with E-state index in [9.17, 15) is 13.2 Å². The van der Waals surface area contributed by atoms with E-state index in [1.165, 1.54) is 10.4 Å². The number of nitrogens with one attached hydrogen (secondary N) is 1. The van der Waals surface area contributed by atoms with Gasteiger partial charge in [-0.25, -0.2) is 8.42 Å². The lowest BCUT2D eigenvalue weighted by atomic mass is 9.85. The van der Waals surface area contributed by atoms with Crippen LogP contribution < -0.4 is 10.2 Å². The summed E-state index contributed by atoms with van der Waals surface area (Å²) in [7, 11) is 0.0620. The van der Waals surface area contributed by atoms with Crippen molar-refractivity contribution in [3.63, 3.8) is 0 Å². The summed E-state index contributed by atoms with van der Waals surface area (Å²) in [5, 5.41) is 3.36. The van der Waals surface area contributed by atoms with Gasteiger partial charge in [-0.3, -0.25) is 4.79 Å². The fraction of sp³-hybridized carbons (Fsp3) is 0.435. The van der Waals surface area contributed by atoms with Crippen molar-refractivity contribution in [3.05, 3.63) is 53.1 Å². The van der Waals surface area contributed by atoms with Gasteiger partial charge < -0.3 is 10.2 Å². The van der Waals surface area contributed by atoms with Crippen molar-refractivity contribution in [1.29, 1.82) is 0 Å². The van der Waals surface area contributed by atoms with Crippen molar-refractivity contribution in [2.45, 2.75) is 50.6 Å². The Morgan fingerprint density at radius 3 is 2.42 bits per heavy atom. The lowest BCUT2D eigenvalue weighted by Crippen LogP contribution is -2.36. The van der Waals surface area contributed by atoms with Crippen molar-refractivity contribution in [2.24, 2.45) is 5.92 Å². The van der Waals surface area contributed by atoms with Crippen LogP contribution >= 0.6 is 11.6 Å². The second kappa shape index (κ2) is 9.59. The molecular weight excluding hydrogens is 434 g/mol. The molecule has 0 aliphatic heterocycles. The molecule has 168 valence electrons. The van der Waals surface area contributed by atoms with Gasteiger partial charge in [0.05, 0.1) is 4.90 Å². The van der Waals surface area contributed by atoms with Gasteiger partial charge in [-0.2, -0.15) is 4.31 Å². The largest absolute Gasteiger partial charge is 0.377 e. The Balaban J connectivity index is 1.94. The maximum absolute atomic E-state index is 13.4. The minimum atomic E-state index is -3.76. The molecule has 0 heterocycles. The third-order valence-electron chi connectivity index (χ3n) is 5.61. The van der Waals surface area contributed by atoms with Crippen LogP contribution in [0.2, 0.25) is 5.02 Å². The molecule has 0 atom stereocenters. The Kier molecular flexibility index (Phi) is 7.29. The number of rotatable bonds is 8. The van der Waals surface area contributed by atoms with Crippen LogP contribution in [-0.2, 0) is 21.4 Å².